The minimum Gasteiger partial charge on any atom is -0.483 e. The van der Waals surface area contributed by atoms with E-state index in [1.165, 1.54) is 0 Å². The molecule has 0 saturated carbocycles. The van der Waals surface area contributed by atoms with Gasteiger partial charge in [-0.05, 0) is 19.4 Å². The Morgan fingerprint density at radius 1 is 1.40 bits per heavy atom. The van der Waals surface area contributed by atoms with Crippen LogP contribution in [0.4, 0.5) is 0 Å². The zero-order valence-corrected chi connectivity index (χ0v) is 7.27. The lowest BCUT2D eigenvalue weighted by atomic mass is 10.1. The van der Waals surface area contributed by atoms with Gasteiger partial charge in [-0.3, -0.25) is 0 Å². The largest absolute Gasteiger partial charge is 0.483 e. The van der Waals surface area contributed by atoms with Crippen LogP contribution in [-0.4, -0.2) is 13.2 Å². The highest BCUT2D eigenvalue weighted by Gasteiger charge is 2.05. The molecular formula is C8H17NO. The number of hydrogen-bond acceptors (Lipinski definition) is 2. The Morgan fingerprint density at radius 2 is 1.90 bits per heavy atom. The fourth-order valence-corrected chi connectivity index (χ4v) is 0.480. The van der Waals surface area contributed by atoms with E-state index in [1.54, 1.807) is 7.11 Å². The summed E-state index contributed by atoms with van der Waals surface area (Å²) in [6, 6.07) is 0.424. The van der Waals surface area contributed by atoms with Crippen LogP contribution in [0, 0.1) is 5.92 Å². The van der Waals surface area contributed by atoms with Crippen LogP contribution < -0.4 is 5.32 Å². The van der Waals surface area contributed by atoms with Gasteiger partial charge in [0.1, 0.15) is 0 Å². The van der Waals surface area contributed by atoms with Gasteiger partial charge in [-0.25, -0.2) is 0 Å². The predicted molar refractivity (Wildman–Crippen MR) is 43.6 cm³/mol. The van der Waals surface area contributed by atoms with Gasteiger partial charge in [-0.1, -0.05) is 13.8 Å². The van der Waals surface area contributed by atoms with Crippen LogP contribution in [0.2, 0.25) is 0 Å². The maximum absolute atomic E-state index is 4.87. The molecule has 1 N–H and O–H groups in total. The van der Waals surface area contributed by atoms with E-state index in [1.807, 2.05) is 0 Å². The Bertz CT molecular complexity index is 110. The van der Waals surface area contributed by atoms with Crippen molar-refractivity contribution in [1.82, 2.24) is 5.32 Å². The molecule has 0 aromatic heterocycles. The van der Waals surface area contributed by atoms with Crippen LogP contribution >= 0.6 is 0 Å². The fraction of sp³-hybridized carbons (Fsp3) is 0.750. The second kappa shape index (κ2) is 4.20. The van der Waals surface area contributed by atoms with Gasteiger partial charge in [0.2, 0.25) is 0 Å². The van der Waals surface area contributed by atoms with Gasteiger partial charge in [0.25, 0.3) is 0 Å². The lowest BCUT2D eigenvalue weighted by Crippen LogP contribution is -2.30. The molecule has 10 heavy (non-hydrogen) atoms. The van der Waals surface area contributed by atoms with Crippen LogP contribution in [0.15, 0.2) is 12.5 Å². The molecule has 0 fully saturated rings. The van der Waals surface area contributed by atoms with E-state index in [0.717, 1.165) is 0 Å². The maximum atomic E-state index is 4.87. The lowest BCUT2D eigenvalue weighted by molar-refractivity contribution is 0.243. The number of nitrogens with one attached hydrogen (secondary N) is 1. The minimum atomic E-state index is 0.424. The van der Waals surface area contributed by atoms with Crippen LogP contribution in [0.5, 0.6) is 0 Å². The van der Waals surface area contributed by atoms with Gasteiger partial charge in [0, 0.05) is 6.04 Å². The molecule has 0 bridgehead atoms. The molecule has 0 rings (SSSR count). The smallest absolute Gasteiger partial charge is 0.179 e. The quantitative estimate of drug-likeness (QED) is 0.605. The van der Waals surface area contributed by atoms with E-state index >= 15 is 0 Å². The molecule has 2 nitrogen and oxygen atoms in total. The Kier molecular flexibility index (Phi) is 3.93. The molecule has 0 unspecified atom stereocenters. The number of rotatable bonds is 4. The minimum absolute atomic E-state index is 0.424. The summed E-state index contributed by atoms with van der Waals surface area (Å²) < 4.78 is 4.87. The van der Waals surface area contributed by atoms with Crippen molar-refractivity contribution >= 4 is 0 Å². The molecule has 1 atom stereocenters. The molecular weight excluding hydrogens is 126 g/mol. The van der Waals surface area contributed by atoms with E-state index < -0.39 is 0 Å². The van der Waals surface area contributed by atoms with E-state index in [-0.39, 0.29) is 0 Å². The van der Waals surface area contributed by atoms with Crippen molar-refractivity contribution < 1.29 is 4.74 Å². The van der Waals surface area contributed by atoms with Gasteiger partial charge < -0.3 is 10.1 Å². The Labute approximate surface area is 63.3 Å². The first kappa shape index (κ1) is 9.34. The van der Waals surface area contributed by atoms with Crippen LogP contribution in [0.3, 0.4) is 0 Å². The summed E-state index contributed by atoms with van der Waals surface area (Å²) in [7, 11) is 1.61. The third-order valence-corrected chi connectivity index (χ3v) is 1.64. The Morgan fingerprint density at radius 3 is 2.20 bits per heavy atom. The molecule has 2 heteroatoms. The molecule has 0 radical (unpaired) electrons. The standard InChI is InChI=1S/C8H17NO/c1-6(2)7(3)9-8(4)10-5/h6-7,9H,4H2,1-3,5H3/t7-/m0/s1. The van der Waals surface area contributed by atoms with Crippen molar-refractivity contribution in [3.8, 4) is 0 Å². The van der Waals surface area contributed by atoms with E-state index in [2.05, 4.69) is 32.7 Å². The topological polar surface area (TPSA) is 21.3 Å². The van der Waals surface area contributed by atoms with Crippen LogP contribution in [0.1, 0.15) is 20.8 Å². The molecule has 0 saturated heterocycles. The number of ether oxygens (including phenoxy) is 1. The molecule has 0 aliphatic rings. The van der Waals surface area contributed by atoms with E-state index in [4.69, 9.17) is 4.74 Å². The third-order valence-electron chi connectivity index (χ3n) is 1.64. The summed E-state index contributed by atoms with van der Waals surface area (Å²) in [5.74, 6) is 1.24. The highest BCUT2D eigenvalue weighted by molar-refractivity contribution is 4.82. The van der Waals surface area contributed by atoms with Gasteiger partial charge in [0.15, 0.2) is 5.88 Å². The molecule has 0 amide bonds. The van der Waals surface area contributed by atoms with Crippen molar-refractivity contribution in [2.45, 2.75) is 26.8 Å². The molecule has 0 aliphatic heterocycles. The molecule has 60 valence electrons. The second-order valence-electron chi connectivity index (χ2n) is 2.80. The monoisotopic (exact) mass is 143 g/mol. The van der Waals surface area contributed by atoms with Crippen molar-refractivity contribution in [1.29, 1.82) is 0 Å². The second-order valence-corrected chi connectivity index (χ2v) is 2.80. The summed E-state index contributed by atoms with van der Waals surface area (Å²) in [6.07, 6.45) is 0. The number of hydrogen-bond donors (Lipinski definition) is 1. The summed E-state index contributed by atoms with van der Waals surface area (Å²) >= 11 is 0. The van der Waals surface area contributed by atoms with Gasteiger partial charge >= 0.3 is 0 Å². The molecule has 0 spiro atoms. The van der Waals surface area contributed by atoms with E-state index in [0.29, 0.717) is 17.8 Å². The van der Waals surface area contributed by atoms with Crippen molar-refractivity contribution in [3.63, 3.8) is 0 Å². The SMILES string of the molecule is C=C(N[C@@H](C)C(C)C)OC. The first-order chi connectivity index (χ1) is 4.57. The molecule has 0 aliphatic carbocycles. The highest BCUT2D eigenvalue weighted by atomic mass is 16.5. The summed E-state index contributed by atoms with van der Waals surface area (Å²) in [6.45, 7) is 10.1. The fourth-order valence-electron chi connectivity index (χ4n) is 0.480. The van der Waals surface area contributed by atoms with Crippen LogP contribution in [0.25, 0.3) is 0 Å². The molecule has 0 aromatic rings. The summed E-state index contributed by atoms with van der Waals surface area (Å²) in [5, 5.41) is 3.11. The lowest BCUT2D eigenvalue weighted by Gasteiger charge is -2.18. The number of methoxy groups -OCH3 is 1. The normalized spacial score (nSPS) is 12.9. The van der Waals surface area contributed by atoms with Crippen molar-refractivity contribution in [2.75, 3.05) is 7.11 Å². The zero-order valence-electron chi connectivity index (χ0n) is 7.27. The van der Waals surface area contributed by atoms with Crippen molar-refractivity contribution in [2.24, 2.45) is 5.92 Å². The predicted octanol–water partition coefficient (Wildman–Crippen LogP) is 1.74. The maximum Gasteiger partial charge on any atom is 0.179 e. The Hall–Kier alpha value is -0.660. The average molecular weight is 143 g/mol. The van der Waals surface area contributed by atoms with E-state index in [9.17, 15) is 0 Å². The first-order valence-corrected chi connectivity index (χ1v) is 3.57. The average Bonchev–Trinajstić information content (AvgIpc) is 1.87. The highest BCUT2D eigenvalue weighted by Crippen LogP contribution is 2.01. The van der Waals surface area contributed by atoms with Gasteiger partial charge in [-0.2, -0.15) is 0 Å². The summed E-state index contributed by atoms with van der Waals surface area (Å²) in [5.41, 5.74) is 0. The molecule has 0 heterocycles. The summed E-state index contributed by atoms with van der Waals surface area (Å²) in [4.78, 5) is 0. The molecule has 0 aromatic carbocycles. The first-order valence-electron chi connectivity index (χ1n) is 3.57. The van der Waals surface area contributed by atoms with Gasteiger partial charge in [-0.15, -0.1) is 0 Å². The van der Waals surface area contributed by atoms with Crippen LogP contribution in [-0.2, 0) is 4.74 Å². The van der Waals surface area contributed by atoms with Gasteiger partial charge in [0.05, 0.1) is 7.11 Å². The zero-order chi connectivity index (χ0) is 8.15. The van der Waals surface area contributed by atoms with Crippen molar-refractivity contribution in [3.05, 3.63) is 12.5 Å². The third kappa shape index (κ3) is 3.38. The Balaban J connectivity index is 3.57.